The summed E-state index contributed by atoms with van der Waals surface area (Å²) in [6.45, 7) is 0. The lowest BCUT2D eigenvalue weighted by molar-refractivity contribution is 0.669. The molecule has 1 aromatic heterocycles. The Morgan fingerprint density at radius 1 is 0.419 bits per heavy atom. The van der Waals surface area contributed by atoms with Gasteiger partial charge in [-0.25, -0.2) is 0 Å². The molecule has 9 aromatic rings. The van der Waals surface area contributed by atoms with Crippen molar-refractivity contribution in [3.05, 3.63) is 158 Å². The van der Waals surface area contributed by atoms with Gasteiger partial charge in [-0.15, -0.1) is 0 Å². The number of rotatable bonds is 3. The first-order valence-electron chi connectivity index (χ1n) is 18.1. The minimum absolute atomic E-state index is 0.168. The molecule has 0 N–H and O–H groups in total. The molecular weight excluding hydrogens is 520 g/mol. The molecule has 9 rings (SSSR count). The van der Waals surface area contributed by atoms with Crippen LogP contribution in [0.1, 0.15) is 11.0 Å². The van der Waals surface area contributed by atoms with Gasteiger partial charge in [0.2, 0.25) is 0 Å². The molecule has 0 amide bonds. The molecule has 0 atom stereocenters. The summed E-state index contributed by atoms with van der Waals surface area (Å²) in [5.74, 6) is 0. The lowest BCUT2D eigenvalue weighted by atomic mass is 9.84. The minimum Gasteiger partial charge on any atom is -0.456 e. The summed E-state index contributed by atoms with van der Waals surface area (Å²) in [7, 11) is 0. The Hall–Kier alpha value is -5.66. The highest BCUT2D eigenvalue weighted by atomic mass is 16.3. The molecule has 43 heavy (non-hydrogen) atoms. The number of furan rings is 1. The lowest BCUT2D eigenvalue weighted by Gasteiger charge is -2.19. The smallest absolute Gasteiger partial charge is 0.136 e. The highest BCUT2D eigenvalue weighted by molar-refractivity contribution is 6.25. The Morgan fingerprint density at radius 2 is 0.977 bits per heavy atom. The summed E-state index contributed by atoms with van der Waals surface area (Å²) in [4.78, 5) is 0. The van der Waals surface area contributed by atoms with Gasteiger partial charge in [0.05, 0.1) is 11.0 Å². The van der Waals surface area contributed by atoms with Crippen LogP contribution < -0.4 is 0 Å². The normalized spacial score (nSPS) is 14.3. The minimum atomic E-state index is -0.436. The van der Waals surface area contributed by atoms with Crippen molar-refractivity contribution in [3.8, 4) is 33.4 Å². The largest absolute Gasteiger partial charge is 0.456 e. The summed E-state index contributed by atoms with van der Waals surface area (Å²) in [6, 6.07) is 31.7. The molecule has 200 valence electrons. The Kier molecular flexibility index (Phi) is 3.80. The van der Waals surface area contributed by atoms with Gasteiger partial charge in [-0.3, -0.25) is 0 Å². The van der Waals surface area contributed by atoms with Crippen molar-refractivity contribution in [1.82, 2.24) is 0 Å². The van der Waals surface area contributed by atoms with Gasteiger partial charge in [-0.2, -0.15) is 0 Å². The molecule has 1 nitrogen and oxygen atoms in total. The molecule has 0 saturated heterocycles. The Labute approximate surface area is 260 Å². The Bertz CT molecular complexity index is 2880. The molecule has 0 spiro atoms. The summed E-state index contributed by atoms with van der Waals surface area (Å²) < 4.78 is 78.9. The van der Waals surface area contributed by atoms with Crippen molar-refractivity contribution in [2.75, 3.05) is 0 Å². The van der Waals surface area contributed by atoms with Crippen molar-refractivity contribution < 1.29 is 15.4 Å². The maximum Gasteiger partial charge on any atom is 0.136 e. The maximum absolute atomic E-state index is 9.37. The van der Waals surface area contributed by atoms with Crippen molar-refractivity contribution in [1.29, 1.82) is 0 Å². The van der Waals surface area contributed by atoms with Gasteiger partial charge < -0.3 is 4.42 Å². The second-order valence-corrected chi connectivity index (χ2v) is 10.6. The molecule has 0 unspecified atom stereocenters. The highest BCUT2D eigenvalue weighted by Crippen LogP contribution is 2.47. The zero-order valence-corrected chi connectivity index (χ0v) is 22.8. The molecule has 0 aliphatic rings. The highest BCUT2D eigenvalue weighted by Gasteiger charge is 2.20. The van der Waals surface area contributed by atoms with Crippen molar-refractivity contribution in [2.45, 2.75) is 0 Å². The first kappa shape index (κ1) is 17.3. The number of hydrogen-bond donors (Lipinski definition) is 0. The standard InChI is InChI=1S/C42H26O/c1-2-16-30-27(12-1)13-10-22-31(30)28-14-9-15-29(26-28)40-32-17-3-5-19-34(32)41(35-20-6-4-18-33(35)40)37-23-11-25-39-42(37)36-21-7-8-24-38(36)43-39/h1-26H/i3D,4D,5D,6D,17D,18D,19D,20D. The van der Waals surface area contributed by atoms with Crippen LogP contribution in [0.2, 0.25) is 0 Å². The van der Waals surface area contributed by atoms with E-state index >= 15 is 0 Å². The van der Waals surface area contributed by atoms with Crippen LogP contribution in [0.3, 0.4) is 0 Å². The summed E-state index contributed by atoms with van der Waals surface area (Å²) in [6.07, 6.45) is 0. The van der Waals surface area contributed by atoms with E-state index in [4.69, 9.17) is 9.90 Å². The quantitative estimate of drug-likeness (QED) is 0.198. The molecular formula is C42H26O. The van der Waals surface area contributed by atoms with E-state index < -0.39 is 24.2 Å². The molecule has 0 bridgehead atoms. The molecule has 0 radical (unpaired) electrons. The van der Waals surface area contributed by atoms with Crippen LogP contribution in [0.4, 0.5) is 0 Å². The van der Waals surface area contributed by atoms with Gasteiger partial charge in [0.1, 0.15) is 11.2 Å². The topological polar surface area (TPSA) is 13.1 Å². The molecule has 8 aromatic carbocycles. The molecule has 0 aliphatic carbocycles. The van der Waals surface area contributed by atoms with E-state index in [1.165, 1.54) is 0 Å². The van der Waals surface area contributed by atoms with E-state index in [0.717, 1.165) is 27.3 Å². The Balaban J connectivity index is 1.53. The SMILES string of the molecule is [2H]c1c([2H])c([2H])c2c(-c3cccc4oc5ccccc5c34)c3c([2H])c([2H])c([2H])c([2H])c3c(-c3cccc(-c4cccc5ccccc45)c3)c2c1[2H]. The third-order valence-electron chi connectivity index (χ3n) is 8.30. The zero-order valence-electron chi connectivity index (χ0n) is 30.8. The van der Waals surface area contributed by atoms with E-state index in [1.807, 2.05) is 103 Å². The number of fused-ring (bicyclic) bond motifs is 6. The molecule has 1 heterocycles. The van der Waals surface area contributed by atoms with Crippen LogP contribution in [0, 0.1) is 0 Å². The molecule has 1 heteroatoms. The zero-order chi connectivity index (χ0) is 35.3. The van der Waals surface area contributed by atoms with Gasteiger partial charge in [-0.1, -0.05) is 139 Å². The fourth-order valence-electron chi connectivity index (χ4n) is 6.49. The second-order valence-electron chi connectivity index (χ2n) is 10.6. The van der Waals surface area contributed by atoms with Gasteiger partial charge in [-0.05, 0) is 83.9 Å². The van der Waals surface area contributed by atoms with Crippen LogP contribution in [0.25, 0.3) is 87.6 Å². The van der Waals surface area contributed by atoms with Crippen molar-refractivity contribution in [2.24, 2.45) is 0 Å². The fraction of sp³-hybridized carbons (Fsp3) is 0. The van der Waals surface area contributed by atoms with Crippen LogP contribution in [0.15, 0.2) is 162 Å². The predicted molar refractivity (Wildman–Crippen MR) is 183 cm³/mol. The van der Waals surface area contributed by atoms with E-state index in [2.05, 4.69) is 0 Å². The van der Waals surface area contributed by atoms with Crippen molar-refractivity contribution >= 4 is 54.3 Å². The third kappa shape index (κ3) is 3.65. The Morgan fingerprint density at radius 3 is 1.77 bits per heavy atom. The van der Waals surface area contributed by atoms with Crippen LogP contribution >= 0.6 is 0 Å². The van der Waals surface area contributed by atoms with Gasteiger partial charge in [0.15, 0.2) is 0 Å². The van der Waals surface area contributed by atoms with Crippen LogP contribution in [-0.2, 0) is 0 Å². The molecule has 0 aliphatic heterocycles. The average Bonchev–Trinajstić information content (AvgIpc) is 3.55. The summed E-state index contributed by atoms with van der Waals surface area (Å²) in [5.41, 5.74) is 4.69. The number of benzene rings is 8. The van der Waals surface area contributed by atoms with E-state index in [1.54, 1.807) is 6.07 Å². The van der Waals surface area contributed by atoms with Crippen molar-refractivity contribution in [3.63, 3.8) is 0 Å². The van der Waals surface area contributed by atoms with Gasteiger partial charge in [0, 0.05) is 10.8 Å². The first-order chi connectivity index (χ1) is 24.7. The number of para-hydroxylation sites is 1. The molecule has 0 saturated carbocycles. The lowest BCUT2D eigenvalue weighted by Crippen LogP contribution is -1.91. The summed E-state index contributed by atoms with van der Waals surface area (Å²) >= 11 is 0. The van der Waals surface area contributed by atoms with E-state index in [9.17, 15) is 5.48 Å². The fourth-order valence-corrected chi connectivity index (χ4v) is 6.49. The first-order valence-corrected chi connectivity index (χ1v) is 14.1. The van der Waals surface area contributed by atoms with Crippen LogP contribution in [0.5, 0.6) is 0 Å². The average molecular weight is 555 g/mol. The second kappa shape index (κ2) is 9.44. The van der Waals surface area contributed by atoms with Gasteiger partial charge >= 0.3 is 0 Å². The monoisotopic (exact) mass is 554 g/mol. The van der Waals surface area contributed by atoms with E-state index in [0.29, 0.717) is 38.8 Å². The third-order valence-corrected chi connectivity index (χ3v) is 8.30. The molecule has 0 fully saturated rings. The predicted octanol–water partition coefficient (Wildman–Crippen LogP) is 12.0. The van der Waals surface area contributed by atoms with Gasteiger partial charge in [0.25, 0.3) is 0 Å². The van der Waals surface area contributed by atoms with E-state index in [-0.39, 0.29) is 45.7 Å². The number of hydrogen-bond acceptors (Lipinski definition) is 1. The van der Waals surface area contributed by atoms with Crippen LogP contribution in [-0.4, -0.2) is 0 Å². The summed E-state index contributed by atoms with van der Waals surface area (Å²) in [5, 5.41) is 4.24. The maximum atomic E-state index is 9.37.